The minimum atomic E-state index is -3.02. The van der Waals surface area contributed by atoms with Crippen molar-refractivity contribution in [2.75, 3.05) is 18.1 Å². The zero-order valence-corrected chi connectivity index (χ0v) is 14.1. The van der Waals surface area contributed by atoms with Gasteiger partial charge < -0.3 is 5.32 Å². The van der Waals surface area contributed by atoms with Crippen LogP contribution in [0, 0.1) is 5.92 Å². The molecule has 122 valence electrons. The van der Waals surface area contributed by atoms with Crippen LogP contribution in [0.3, 0.4) is 0 Å². The Hall–Kier alpha value is -1.80. The molecule has 0 bridgehead atoms. The van der Waals surface area contributed by atoms with E-state index in [9.17, 15) is 13.2 Å². The van der Waals surface area contributed by atoms with Gasteiger partial charge in [-0.25, -0.2) is 13.4 Å². The molecular formula is C15H17N3O3S2. The fourth-order valence-electron chi connectivity index (χ4n) is 2.50. The molecule has 3 heterocycles. The summed E-state index contributed by atoms with van der Waals surface area (Å²) < 4.78 is 22.8. The van der Waals surface area contributed by atoms with E-state index in [2.05, 4.69) is 15.3 Å². The highest BCUT2D eigenvalue weighted by atomic mass is 32.2. The number of carbonyl (C=O) groups is 1. The molecule has 1 aliphatic rings. The Morgan fingerprint density at radius 1 is 1.43 bits per heavy atom. The van der Waals surface area contributed by atoms with Gasteiger partial charge in [-0.05, 0) is 18.6 Å². The largest absolute Gasteiger partial charge is 0.355 e. The van der Waals surface area contributed by atoms with Gasteiger partial charge in [-0.2, -0.15) is 0 Å². The summed E-state index contributed by atoms with van der Waals surface area (Å²) >= 11 is 1.54. The van der Waals surface area contributed by atoms with Gasteiger partial charge in [0.05, 0.1) is 23.1 Å². The predicted octanol–water partition coefficient (Wildman–Crippen LogP) is 1.30. The van der Waals surface area contributed by atoms with Crippen LogP contribution in [0.4, 0.5) is 0 Å². The van der Waals surface area contributed by atoms with Crippen LogP contribution in [-0.2, 0) is 21.1 Å². The molecule has 0 aromatic carbocycles. The second-order valence-corrected chi connectivity index (χ2v) is 8.61. The lowest BCUT2D eigenvalue weighted by Gasteiger charge is -2.08. The van der Waals surface area contributed by atoms with E-state index in [1.54, 1.807) is 23.7 Å². The minimum absolute atomic E-state index is 0.0271. The number of rotatable bonds is 5. The van der Waals surface area contributed by atoms with Crippen LogP contribution in [0.15, 0.2) is 29.9 Å². The van der Waals surface area contributed by atoms with Crippen molar-refractivity contribution in [3.05, 3.63) is 35.6 Å². The molecular weight excluding hydrogens is 334 g/mol. The molecule has 23 heavy (non-hydrogen) atoms. The molecule has 1 aliphatic heterocycles. The predicted molar refractivity (Wildman–Crippen MR) is 88.8 cm³/mol. The van der Waals surface area contributed by atoms with Gasteiger partial charge in [0.25, 0.3) is 0 Å². The highest BCUT2D eigenvalue weighted by molar-refractivity contribution is 7.91. The van der Waals surface area contributed by atoms with Crippen molar-refractivity contribution >= 4 is 27.1 Å². The van der Waals surface area contributed by atoms with Crippen molar-refractivity contribution in [1.82, 2.24) is 15.3 Å². The van der Waals surface area contributed by atoms with Gasteiger partial charge in [0.2, 0.25) is 5.91 Å². The molecule has 3 rings (SSSR count). The monoisotopic (exact) mass is 351 g/mol. The molecule has 2 aromatic rings. The summed E-state index contributed by atoms with van der Waals surface area (Å²) in [4.78, 5) is 20.5. The van der Waals surface area contributed by atoms with Crippen molar-refractivity contribution in [3.63, 3.8) is 0 Å². The van der Waals surface area contributed by atoms with E-state index in [0.29, 0.717) is 19.4 Å². The number of nitrogens with one attached hydrogen (secondary N) is 1. The molecule has 1 atom stereocenters. The van der Waals surface area contributed by atoms with Crippen LogP contribution in [0.25, 0.3) is 10.6 Å². The number of pyridine rings is 1. The molecule has 0 aliphatic carbocycles. The van der Waals surface area contributed by atoms with E-state index < -0.39 is 15.8 Å². The Kier molecular flexibility index (Phi) is 4.72. The number of nitrogens with zero attached hydrogens (tertiary/aromatic N) is 2. The molecule has 1 saturated heterocycles. The van der Waals surface area contributed by atoms with Crippen LogP contribution in [0.5, 0.6) is 0 Å². The van der Waals surface area contributed by atoms with Crippen LogP contribution in [-0.4, -0.2) is 42.3 Å². The molecule has 0 unspecified atom stereocenters. The van der Waals surface area contributed by atoms with E-state index in [0.717, 1.165) is 16.3 Å². The summed E-state index contributed by atoms with van der Waals surface area (Å²) in [7, 11) is -3.02. The van der Waals surface area contributed by atoms with Crippen LogP contribution in [0.1, 0.15) is 12.1 Å². The number of hydrogen-bond acceptors (Lipinski definition) is 6. The lowest BCUT2D eigenvalue weighted by Crippen LogP contribution is -2.32. The first kappa shape index (κ1) is 16.1. The first-order valence-electron chi connectivity index (χ1n) is 7.36. The van der Waals surface area contributed by atoms with Gasteiger partial charge >= 0.3 is 0 Å². The smallest absolute Gasteiger partial charge is 0.224 e. The molecule has 1 amide bonds. The Morgan fingerprint density at radius 3 is 3.00 bits per heavy atom. The fourth-order valence-corrected chi connectivity index (χ4v) is 5.09. The van der Waals surface area contributed by atoms with Crippen molar-refractivity contribution in [2.24, 2.45) is 5.92 Å². The number of sulfone groups is 1. The number of aromatic nitrogens is 2. The van der Waals surface area contributed by atoms with Crippen molar-refractivity contribution in [1.29, 1.82) is 0 Å². The normalized spacial score (nSPS) is 19.6. The van der Waals surface area contributed by atoms with Gasteiger partial charge in [0.15, 0.2) is 9.84 Å². The van der Waals surface area contributed by atoms with Crippen LogP contribution >= 0.6 is 11.3 Å². The molecule has 8 heteroatoms. The summed E-state index contributed by atoms with van der Waals surface area (Å²) in [5.74, 6) is -0.484. The Bertz CT molecular complexity index is 787. The maximum absolute atomic E-state index is 11.9. The van der Waals surface area contributed by atoms with Gasteiger partial charge in [-0.15, -0.1) is 11.3 Å². The van der Waals surface area contributed by atoms with Gasteiger partial charge in [0.1, 0.15) is 5.01 Å². The Balaban J connectivity index is 1.50. The molecule has 0 saturated carbocycles. The maximum atomic E-state index is 11.9. The lowest BCUT2D eigenvalue weighted by atomic mass is 10.1. The highest BCUT2D eigenvalue weighted by Crippen LogP contribution is 2.22. The van der Waals surface area contributed by atoms with E-state index in [-0.39, 0.29) is 17.4 Å². The molecule has 0 radical (unpaired) electrons. The minimum Gasteiger partial charge on any atom is -0.355 e. The van der Waals surface area contributed by atoms with E-state index in [1.165, 1.54) is 0 Å². The number of carbonyl (C=O) groups excluding carboxylic acids is 1. The average Bonchev–Trinajstić information content (AvgIpc) is 3.14. The SMILES string of the molecule is O=C(NCCc1csc(-c2cccnc2)n1)[C@@H]1CCS(=O)(=O)C1. The Labute approximate surface area is 138 Å². The first-order valence-corrected chi connectivity index (χ1v) is 10.1. The van der Waals surface area contributed by atoms with E-state index in [4.69, 9.17) is 0 Å². The highest BCUT2D eigenvalue weighted by Gasteiger charge is 2.32. The standard InChI is InChI=1S/C15H17N3O3S2/c19-14(12-4-7-23(20,21)10-12)17-6-3-13-9-22-15(18-13)11-2-1-5-16-8-11/h1-2,5,8-9,12H,3-4,6-7,10H2,(H,17,19)/t12-/m1/s1. The van der Waals surface area contributed by atoms with Crippen LogP contribution < -0.4 is 5.32 Å². The second-order valence-electron chi connectivity index (χ2n) is 5.53. The number of thiazole rings is 1. The van der Waals surface area contributed by atoms with Gasteiger partial charge in [0, 0.05) is 36.3 Å². The number of hydrogen-bond donors (Lipinski definition) is 1. The molecule has 1 fully saturated rings. The van der Waals surface area contributed by atoms with Crippen molar-refractivity contribution < 1.29 is 13.2 Å². The molecule has 6 nitrogen and oxygen atoms in total. The summed E-state index contributed by atoms with van der Waals surface area (Å²) in [6, 6.07) is 3.82. The topological polar surface area (TPSA) is 89.0 Å². The second kappa shape index (κ2) is 6.76. The first-order chi connectivity index (χ1) is 11.0. The summed E-state index contributed by atoms with van der Waals surface area (Å²) in [5, 5.41) is 5.68. The summed E-state index contributed by atoms with van der Waals surface area (Å²) in [5.41, 5.74) is 1.89. The third kappa shape index (κ3) is 4.14. The van der Waals surface area contributed by atoms with E-state index >= 15 is 0 Å². The zero-order chi connectivity index (χ0) is 16.3. The number of amides is 1. The lowest BCUT2D eigenvalue weighted by molar-refractivity contribution is -0.124. The third-order valence-electron chi connectivity index (χ3n) is 3.74. The Morgan fingerprint density at radius 2 is 2.30 bits per heavy atom. The zero-order valence-electron chi connectivity index (χ0n) is 12.4. The quantitative estimate of drug-likeness (QED) is 0.877. The molecule has 2 aromatic heterocycles. The van der Waals surface area contributed by atoms with Crippen molar-refractivity contribution in [2.45, 2.75) is 12.8 Å². The van der Waals surface area contributed by atoms with Crippen LogP contribution in [0.2, 0.25) is 0 Å². The van der Waals surface area contributed by atoms with Gasteiger partial charge in [-0.1, -0.05) is 0 Å². The average molecular weight is 351 g/mol. The summed E-state index contributed by atoms with van der Waals surface area (Å²) in [6.45, 7) is 0.464. The maximum Gasteiger partial charge on any atom is 0.224 e. The molecule has 0 spiro atoms. The fraction of sp³-hybridized carbons (Fsp3) is 0.400. The van der Waals surface area contributed by atoms with Crippen molar-refractivity contribution in [3.8, 4) is 10.6 Å². The molecule has 1 N–H and O–H groups in total. The van der Waals surface area contributed by atoms with Gasteiger partial charge in [-0.3, -0.25) is 9.78 Å². The third-order valence-corrected chi connectivity index (χ3v) is 6.45. The summed E-state index contributed by atoms with van der Waals surface area (Å²) in [6.07, 6.45) is 4.54. The van der Waals surface area contributed by atoms with E-state index in [1.807, 2.05) is 17.5 Å².